The van der Waals surface area contributed by atoms with Crippen LogP contribution in [-0.2, 0) is 14.3 Å². The van der Waals surface area contributed by atoms with Crippen LogP contribution in [0, 0.1) is 0 Å². The molecule has 0 fully saturated rings. The molecule has 1 atom stereocenters. The second kappa shape index (κ2) is 4.18. The third-order valence-electron chi connectivity index (χ3n) is 1.78. The lowest BCUT2D eigenvalue weighted by Crippen LogP contribution is -2.26. The molecule has 4 heteroatoms. The number of cyclic esters (lactones) is 1. The van der Waals surface area contributed by atoms with E-state index in [-0.39, 0.29) is 6.61 Å². The topological polar surface area (TPSA) is 35.5 Å². The van der Waals surface area contributed by atoms with E-state index >= 15 is 0 Å². The van der Waals surface area contributed by atoms with Crippen molar-refractivity contribution in [3.63, 3.8) is 0 Å². The molecular weight excluding hydrogens is 204 g/mol. The Labute approximate surface area is 88.3 Å². The summed E-state index contributed by atoms with van der Waals surface area (Å²) in [5, 5.41) is 0.372. The third-order valence-corrected chi connectivity index (χ3v) is 2.20. The molecule has 3 nitrogen and oxygen atoms in total. The highest BCUT2D eigenvalue weighted by atomic mass is 35.5. The van der Waals surface area contributed by atoms with E-state index in [1.807, 2.05) is 13.8 Å². The van der Waals surface area contributed by atoms with Gasteiger partial charge in [-0.05, 0) is 26.8 Å². The molecule has 1 unspecified atom stereocenters. The first-order valence-corrected chi connectivity index (χ1v) is 4.75. The molecule has 1 aliphatic rings. The number of rotatable bonds is 0. The largest absolute Gasteiger partial charge is 0.454 e. The predicted molar refractivity (Wildman–Crippen MR) is 53.0 cm³/mol. The maximum Gasteiger partial charge on any atom is 0.332 e. The molecule has 1 aliphatic heterocycles. The molecule has 1 rings (SSSR count). The molecule has 0 saturated heterocycles. The molecule has 0 amide bonds. The number of hydrogen-bond donors (Lipinski definition) is 0. The lowest BCUT2D eigenvalue weighted by molar-refractivity contribution is -0.155. The molecule has 0 saturated carbocycles. The molecule has 0 N–H and O–H groups in total. The van der Waals surface area contributed by atoms with Gasteiger partial charge in [0.25, 0.3) is 0 Å². The fourth-order valence-corrected chi connectivity index (χ4v) is 1.03. The van der Waals surface area contributed by atoms with Gasteiger partial charge in [-0.2, -0.15) is 0 Å². The van der Waals surface area contributed by atoms with Crippen molar-refractivity contribution in [3.05, 3.63) is 16.8 Å². The summed E-state index contributed by atoms with van der Waals surface area (Å²) in [6.45, 7) is 5.28. The zero-order valence-corrected chi connectivity index (χ0v) is 9.22. The second-order valence-electron chi connectivity index (χ2n) is 3.66. The molecule has 0 aromatic carbocycles. The molecule has 0 aromatic rings. The zero-order valence-electron chi connectivity index (χ0n) is 8.46. The first kappa shape index (κ1) is 11.3. The summed E-state index contributed by atoms with van der Waals surface area (Å²) in [5.74, 6) is -0.416. The Morgan fingerprint density at radius 3 is 2.93 bits per heavy atom. The number of carbonyl (C=O) groups excluding carboxylic acids is 1. The van der Waals surface area contributed by atoms with E-state index in [1.165, 1.54) is 0 Å². The molecule has 14 heavy (non-hydrogen) atoms. The minimum atomic E-state index is -0.552. The number of halogens is 1. The van der Waals surface area contributed by atoms with Crippen molar-refractivity contribution in [1.82, 2.24) is 0 Å². The quantitative estimate of drug-likeness (QED) is 0.459. The van der Waals surface area contributed by atoms with Gasteiger partial charge in [0.2, 0.25) is 0 Å². The number of ether oxygens (including phenoxy) is 2. The minimum absolute atomic E-state index is 0.0698. The van der Waals surface area contributed by atoms with Crippen LogP contribution in [0.1, 0.15) is 20.8 Å². The molecule has 78 valence electrons. The van der Waals surface area contributed by atoms with E-state index in [2.05, 4.69) is 5.73 Å². The van der Waals surface area contributed by atoms with Crippen LogP contribution in [0.4, 0.5) is 0 Å². The maximum atomic E-state index is 11.2. The highest BCUT2D eigenvalue weighted by Crippen LogP contribution is 2.16. The summed E-state index contributed by atoms with van der Waals surface area (Å²) in [5.41, 5.74) is 2.29. The van der Waals surface area contributed by atoms with Gasteiger partial charge < -0.3 is 9.47 Å². The van der Waals surface area contributed by atoms with Gasteiger partial charge in [0.15, 0.2) is 0 Å². The molecule has 0 spiro atoms. The summed E-state index contributed by atoms with van der Waals surface area (Å²) in [7, 11) is 0. The average Bonchev–Trinajstić information content (AvgIpc) is 2.13. The van der Waals surface area contributed by atoms with Gasteiger partial charge >= 0.3 is 5.97 Å². The molecule has 0 bridgehead atoms. The van der Waals surface area contributed by atoms with E-state index in [0.29, 0.717) is 5.03 Å². The lowest BCUT2D eigenvalue weighted by atomic mass is 10.1. The van der Waals surface area contributed by atoms with Crippen molar-refractivity contribution in [3.8, 4) is 0 Å². The fourth-order valence-electron chi connectivity index (χ4n) is 0.930. The van der Waals surface area contributed by atoms with Gasteiger partial charge in [-0.15, -0.1) is 5.73 Å². The number of carbonyl (C=O) groups is 1. The van der Waals surface area contributed by atoms with Gasteiger partial charge in [0, 0.05) is 0 Å². The maximum absolute atomic E-state index is 11.2. The third kappa shape index (κ3) is 3.18. The Morgan fingerprint density at radius 1 is 1.64 bits per heavy atom. The Balaban J connectivity index is 2.95. The molecule has 0 radical (unpaired) electrons. The van der Waals surface area contributed by atoms with E-state index in [4.69, 9.17) is 21.1 Å². The van der Waals surface area contributed by atoms with Crippen LogP contribution >= 0.6 is 11.6 Å². The van der Waals surface area contributed by atoms with E-state index in [0.717, 1.165) is 0 Å². The Hall–Kier alpha value is -0.760. The van der Waals surface area contributed by atoms with E-state index < -0.39 is 17.7 Å². The molecule has 1 heterocycles. The van der Waals surface area contributed by atoms with Crippen LogP contribution in [0.3, 0.4) is 0 Å². The number of hydrogen-bond acceptors (Lipinski definition) is 3. The predicted octanol–water partition coefficient (Wildman–Crippen LogP) is 2.00. The fraction of sp³-hybridized carbons (Fsp3) is 0.600. The SMILES string of the molecule is CC1OC(=O)COC(C)(C)C=C=C1Cl. The summed E-state index contributed by atoms with van der Waals surface area (Å²) < 4.78 is 10.3. The van der Waals surface area contributed by atoms with E-state index in [1.54, 1.807) is 13.0 Å². The molecule has 0 aliphatic carbocycles. The van der Waals surface area contributed by atoms with Gasteiger partial charge in [-0.1, -0.05) is 11.6 Å². The first-order chi connectivity index (χ1) is 6.41. The summed E-state index contributed by atoms with van der Waals surface area (Å²) in [6.07, 6.45) is 1.23. The number of esters is 1. The van der Waals surface area contributed by atoms with Gasteiger partial charge in [-0.25, -0.2) is 4.79 Å². The van der Waals surface area contributed by atoms with Crippen LogP contribution in [0.5, 0.6) is 0 Å². The highest BCUT2D eigenvalue weighted by Gasteiger charge is 2.21. The van der Waals surface area contributed by atoms with Crippen LogP contribution in [-0.4, -0.2) is 24.3 Å². The zero-order chi connectivity index (χ0) is 10.8. The van der Waals surface area contributed by atoms with Crippen molar-refractivity contribution in [2.75, 3.05) is 6.61 Å². The molecule has 0 aromatic heterocycles. The van der Waals surface area contributed by atoms with Crippen molar-refractivity contribution in [2.24, 2.45) is 0 Å². The van der Waals surface area contributed by atoms with Crippen molar-refractivity contribution >= 4 is 17.6 Å². The standard InChI is InChI=1S/C10H13ClO3/c1-7-8(11)4-5-10(2,3)13-6-9(12)14-7/h5,7H,6H2,1-3H3. The van der Waals surface area contributed by atoms with Crippen LogP contribution in [0.15, 0.2) is 16.8 Å². The van der Waals surface area contributed by atoms with Crippen molar-refractivity contribution in [1.29, 1.82) is 0 Å². The van der Waals surface area contributed by atoms with Gasteiger partial charge in [0.1, 0.15) is 12.7 Å². The van der Waals surface area contributed by atoms with Crippen LogP contribution < -0.4 is 0 Å². The first-order valence-electron chi connectivity index (χ1n) is 4.37. The summed E-state index contributed by atoms with van der Waals surface area (Å²) in [4.78, 5) is 11.2. The Morgan fingerprint density at radius 2 is 2.29 bits per heavy atom. The lowest BCUT2D eigenvalue weighted by Gasteiger charge is -2.18. The Kier molecular flexibility index (Phi) is 3.38. The van der Waals surface area contributed by atoms with Crippen LogP contribution in [0.2, 0.25) is 0 Å². The van der Waals surface area contributed by atoms with E-state index in [9.17, 15) is 4.79 Å². The minimum Gasteiger partial charge on any atom is -0.454 e. The Bertz CT molecular complexity index is 300. The summed E-state index contributed by atoms with van der Waals surface area (Å²) in [6, 6.07) is 0. The smallest absolute Gasteiger partial charge is 0.332 e. The van der Waals surface area contributed by atoms with Crippen LogP contribution in [0.25, 0.3) is 0 Å². The summed E-state index contributed by atoms with van der Waals surface area (Å²) >= 11 is 5.85. The van der Waals surface area contributed by atoms with Crippen molar-refractivity contribution in [2.45, 2.75) is 32.5 Å². The monoisotopic (exact) mass is 216 g/mol. The van der Waals surface area contributed by atoms with Crippen molar-refractivity contribution < 1.29 is 14.3 Å². The van der Waals surface area contributed by atoms with Gasteiger partial charge in [-0.3, -0.25) is 0 Å². The normalized spacial score (nSPS) is 27.0. The molecular formula is C10H13ClO3. The average molecular weight is 217 g/mol. The second-order valence-corrected chi connectivity index (χ2v) is 4.07. The van der Waals surface area contributed by atoms with Gasteiger partial charge in [0.05, 0.1) is 10.6 Å². The highest BCUT2D eigenvalue weighted by molar-refractivity contribution is 6.30.